The van der Waals surface area contributed by atoms with Crippen LogP contribution >= 0.6 is 0 Å². The summed E-state index contributed by atoms with van der Waals surface area (Å²) in [4.78, 5) is 25.4. The monoisotopic (exact) mass is 810 g/mol. The van der Waals surface area contributed by atoms with Crippen LogP contribution in [0.15, 0.2) is 11.6 Å². The average molecular weight is 811 g/mol. The van der Waals surface area contributed by atoms with Gasteiger partial charge in [-0.1, -0.05) is 53.2 Å². The number of hydrogen-bond acceptors (Lipinski definition) is 13. The minimum absolute atomic E-state index is 0.0174. The van der Waals surface area contributed by atoms with Crippen LogP contribution in [0, 0.1) is 50.2 Å². The molecule has 0 bridgehead atoms. The zero-order valence-corrected chi connectivity index (χ0v) is 34.1. The summed E-state index contributed by atoms with van der Waals surface area (Å²) in [5.41, 5.74) is -0.836. The van der Waals surface area contributed by atoms with E-state index >= 15 is 0 Å². The van der Waals surface area contributed by atoms with Crippen molar-refractivity contribution in [3.8, 4) is 0 Å². The van der Waals surface area contributed by atoms with Crippen LogP contribution in [-0.2, 0) is 28.5 Å². The fourth-order valence-corrected chi connectivity index (χ4v) is 13.7. The van der Waals surface area contributed by atoms with Crippen LogP contribution in [0.2, 0.25) is 0 Å². The topological polar surface area (TPSA) is 253 Å². The lowest BCUT2D eigenvalue weighted by molar-refractivity contribution is -0.366. The summed E-state index contributed by atoms with van der Waals surface area (Å²) in [7, 11) is 0. The van der Waals surface area contributed by atoms with Crippen molar-refractivity contribution in [2.45, 2.75) is 173 Å². The summed E-state index contributed by atoms with van der Waals surface area (Å²) in [6.07, 6.45) is -8.58. The van der Waals surface area contributed by atoms with Gasteiger partial charge in [0.2, 0.25) is 0 Å². The number of aliphatic hydroxyl groups excluding tert-OH is 7. The number of fused-ring (bicyclic) bond motifs is 7. The molecule has 0 unspecified atom stereocenters. The lowest BCUT2D eigenvalue weighted by Gasteiger charge is -2.71. The van der Waals surface area contributed by atoms with E-state index in [1.807, 2.05) is 6.92 Å². The molecule has 7 aliphatic rings. The summed E-state index contributed by atoms with van der Waals surface area (Å²) in [5, 5.41) is 95.4. The van der Waals surface area contributed by atoms with Crippen LogP contribution in [0.3, 0.4) is 0 Å². The fourth-order valence-electron chi connectivity index (χ4n) is 13.7. The molecular formula is C42H66O15. The molecule has 0 radical (unpaired) electrons. The first-order chi connectivity index (χ1) is 26.5. The van der Waals surface area contributed by atoms with E-state index in [0.29, 0.717) is 25.7 Å². The summed E-state index contributed by atoms with van der Waals surface area (Å²) < 4.78 is 23.3. The van der Waals surface area contributed by atoms with E-state index in [4.69, 9.17) is 18.9 Å². The maximum atomic E-state index is 13.1. The third kappa shape index (κ3) is 6.39. The van der Waals surface area contributed by atoms with Gasteiger partial charge < -0.3 is 64.9 Å². The van der Waals surface area contributed by atoms with Crippen LogP contribution in [0.5, 0.6) is 0 Å². The number of aliphatic hydroxyl groups is 7. The van der Waals surface area contributed by atoms with E-state index in [1.165, 1.54) is 5.57 Å². The fraction of sp³-hybridized carbons (Fsp3) is 0.905. The molecule has 324 valence electrons. The zero-order valence-electron chi connectivity index (χ0n) is 34.1. The van der Waals surface area contributed by atoms with Crippen molar-refractivity contribution in [2.24, 2.45) is 50.2 Å². The molecule has 2 aliphatic heterocycles. The van der Waals surface area contributed by atoms with Gasteiger partial charge in [0, 0.05) is 5.41 Å². The standard InChI is InChI=1S/C42H66O15/c1-37(2)13-15-42(36(52)53)16-14-40(5)20(21(42)17-37)7-8-24-38(3)11-10-25(39(4,19-44)23(38)9-12-41(24,40)6)55-35-30(49)31(29(48)32(57-35)33(50)51)56-34-28(47)27(46)26(45)22(18-43)54-34/h7,21-32,34-35,43-49H,8-19H2,1-6H3,(H,50,51)(H,52,53)/t21-,22+,23+,24+,25-,26-,27-,28+,29-,30+,31-,32-,34-,35+,38-,39-,40+,41+,42-/m0/s1. The Hall–Kier alpha value is -1.76. The molecule has 57 heavy (non-hydrogen) atoms. The molecule has 15 heteroatoms. The summed E-state index contributed by atoms with van der Waals surface area (Å²) in [6, 6.07) is 0. The molecule has 9 N–H and O–H groups in total. The number of allylic oxidation sites excluding steroid dienone is 2. The van der Waals surface area contributed by atoms with Gasteiger partial charge >= 0.3 is 11.9 Å². The first-order valence-corrected chi connectivity index (χ1v) is 21.0. The molecule has 0 amide bonds. The van der Waals surface area contributed by atoms with Crippen molar-refractivity contribution in [1.29, 1.82) is 0 Å². The van der Waals surface area contributed by atoms with E-state index in [9.17, 15) is 55.5 Å². The second-order valence-corrected chi connectivity index (χ2v) is 20.5. The van der Waals surface area contributed by atoms with E-state index in [2.05, 4.69) is 40.7 Å². The minimum Gasteiger partial charge on any atom is -0.481 e. The Kier molecular flexibility index (Phi) is 11.2. The molecule has 4 saturated carbocycles. The van der Waals surface area contributed by atoms with Crippen molar-refractivity contribution in [3.05, 3.63) is 11.6 Å². The molecule has 7 rings (SSSR count). The van der Waals surface area contributed by atoms with Gasteiger partial charge in [-0.2, -0.15) is 0 Å². The van der Waals surface area contributed by atoms with Crippen LogP contribution < -0.4 is 0 Å². The highest BCUT2D eigenvalue weighted by molar-refractivity contribution is 5.76. The van der Waals surface area contributed by atoms with Gasteiger partial charge in [0.1, 0.15) is 42.7 Å². The van der Waals surface area contributed by atoms with Crippen molar-refractivity contribution in [2.75, 3.05) is 13.2 Å². The van der Waals surface area contributed by atoms with Gasteiger partial charge in [0.05, 0.1) is 24.7 Å². The van der Waals surface area contributed by atoms with Crippen LogP contribution in [0.4, 0.5) is 0 Å². The van der Waals surface area contributed by atoms with Gasteiger partial charge in [0.15, 0.2) is 18.7 Å². The highest BCUT2D eigenvalue weighted by atomic mass is 16.7. The van der Waals surface area contributed by atoms with Crippen molar-refractivity contribution in [1.82, 2.24) is 0 Å². The van der Waals surface area contributed by atoms with Crippen LogP contribution in [-0.4, -0.2) is 139 Å². The smallest absolute Gasteiger partial charge is 0.335 e. The summed E-state index contributed by atoms with van der Waals surface area (Å²) in [6.45, 7) is 12.6. The van der Waals surface area contributed by atoms with Gasteiger partial charge in [-0.15, -0.1) is 0 Å². The predicted octanol–water partition coefficient (Wildman–Crippen LogP) is 1.95. The molecule has 0 aromatic carbocycles. The Morgan fingerprint density at radius 3 is 2.05 bits per heavy atom. The molecule has 0 aromatic rings. The van der Waals surface area contributed by atoms with Crippen LogP contribution in [0.1, 0.15) is 106 Å². The van der Waals surface area contributed by atoms with Crippen LogP contribution in [0.25, 0.3) is 0 Å². The van der Waals surface area contributed by atoms with E-state index in [-0.39, 0.29) is 46.0 Å². The Bertz CT molecular complexity index is 1590. The maximum absolute atomic E-state index is 13.1. The Morgan fingerprint density at radius 1 is 0.754 bits per heavy atom. The molecule has 5 aliphatic carbocycles. The normalized spacial score (nSPS) is 53.3. The second kappa shape index (κ2) is 14.7. The third-order valence-electron chi connectivity index (χ3n) is 17.4. The second-order valence-electron chi connectivity index (χ2n) is 20.5. The van der Waals surface area contributed by atoms with Gasteiger partial charge in [0.25, 0.3) is 0 Å². The van der Waals surface area contributed by atoms with Crippen molar-refractivity contribution in [3.63, 3.8) is 0 Å². The SMILES string of the molecule is CC1(C)CC[C@]2(C(=O)O)CC[C@]3(C)C(=CC[C@@H]4[C@@]5(C)CC[C@H](O[C@@H]6O[C@H](C(=O)O)[C@@H](O)[C@H](O[C@@H]7O[C@H](CO)[C@H](O)[C@H](O)[C@H]7O)[C@H]6O)[C@@](C)(CO)[C@@H]5CC[C@]43C)[C@@H]2C1. The molecule has 15 nitrogen and oxygen atoms in total. The molecule has 6 fully saturated rings. The molecule has 0 aromatic heterocycles. The Morgan fingerprint density at radius 2 is 1.42 bits per heavy atom. The lowest BCUT2D eigenvalue weighted by atomic mass is 9.33. The predicted molar refractivity (Wildman–Crippen MR) is 200 cm³/mol. The number of aliphatic carboxylic acids is 2. The maximum Gasteiger partial charge on any atom is 0.335 e. The molecule has 19 atom stereocenters. The number of ether oxygens (including phenoxy) is 4. The Labute approximate surface area is 334 Å². The molecule has 2 saturated heterocycles. The highest BCUT2D eigenvalue weighted by Gasteiger charge is 2.70. The first-order valence-electron chi connectivity index (χ1n) is 21.0. The number of hydrogen-bond donors (Lipinski definition) is 9. The van der Waals surface area contributed by atoms with Crippen molar-refractivity contribution < 1.29 is 74.5 Å². The largest absolute Gasteiger partial charge is 0.481 e. The number of carboxylic acid groups (broad SMARTS) is 2. The van der Waals surface area contributed by atoms with E-state index in [1.54, 1.807) is 0 Å². The zero-order chi connectivity index (χ0) is 41.8. The summed E-state index contributed by atoms with van der Waals surface area (Å²) >= 11 is 0. The number of carbonyl (C=O) groups is 2. The van der Waals surface area contributed by atoms with E-state index in [0.717, 1.165) is 38.5 Å². The first kappa shape index (κ1) is 43.3. The lowest BCUT2D eigenvalue weighted by Crippen LogP contribution is -2.68. The van der Waals surface area contributed by atoms with Gasteiger partial charge in [-0.25, -0.2) is 4.79 Å². The number of carboxylic acids is 2. The summed E-state index contributed by atoms with van der Waals surface area (Å²) in [5.74, 6) is -2.09. The highest BCUT2D eigenvalue weighted by Crippen LogP contribution is 2.76. The molecule has 2 heterocycles. The molecule has 0 spiro atoms. The van der Waals surface area contributed by atoms with Crippen molar-refractivity contribution >= 4 is 11.9 Å². The van der Waals surface area contributed by atoms with E-state index < -0.39 is 96.9 Å². The minimum atomic E-state index is -1.98. The quantitative estimate of drug-likeness (QED) is 0.126. The Balaban J connectivity index is 1.15. The number of rotatable bonds is 8. The molecular weight excluding hydrogens is 744 g/mol. The third-order valence-corrected chi connectivity index (χ3v) is 17.4. The average Bonchev–Trinajstić information content (AvgIpc) is 3.15. The van der Waals surface area contributed by atoms with Gasteiger partial charge in [-0.05, 0) is 104 Å². The van der Waals surface area contributed by atoms with Gasteiger partial charge in [-0.3, -0.25) is 4.79 Å².